The summed E-state index contributed by atoms with van der Waals surface area (Å²) in [5.74, 6) is -0.0244. The lowest BCUT2D eigenvalue weighted by molar-refractivity contribution is -0.0498. The fraction of sp³-hybridized carbons (Fsp3) is 0.167. The molecule has 0 bridgehead atoms. The number of aromatic nitrogens is 5. The number of alkyl halides is 2. The zero-order chi connectivity index (χ0) is 24.5. The van der Waals surface area contributed by atoms with Crippen molar-refractivity contribution in [3.63, 3.8) is 0 Å². The van der Waals surface area contributed by atoms with Crippen LogP contribution >= 0.6 is 0 Å². The van der Waals surface area contributed by atoms with E-state index in [0.29, 0.717) is 29.0 Å². The smallest absolute Gasteiger partial charge is 0.387 e. The average molecular weight is 478 g/mol. The molecular weight excluding hydrogens is 458 g/mol. The lowest BCUT2D eigenvalue weighted by atomic mass is 10.2. The second-order valence-corrected chi connectivity index (χ2v) is 7.62. The van der Waals surface area contributed by atoms with Gasteiger partial charge in [-0.25, -0.2) is 9.97 Å². The Morgan fingerprint density at radius 1 is 1.09 bits per heavy atom. The number of aryl methyl sites for hydroxylation is 1. The van der Waals surface area contributed by atoms with E-state index in [1.54, 1.807) is 25.5 Å². The summed E-state index contributed by atoms with van der Waals surface area (Å²) < 4.78 is 38.2. The molecule has 0 aliphatic heterocycles. The monoisotopic (exact) mass is 478 g/mol. The minimum atomic E-state index is -2.95. The number of pyridine rings is 1. The van der Waals surface area contributed by atoms with Crippen molar-refractivity contribution in [1.29, 1.82) is 0 Å². The van der Waals surface area contributed by atoms with E-state index in [-0.39, 0.29) is 17.4 Å². The molecule has 0 aliphatic rings. The first-order valence-corrected chi connectivity index (χ1v) is 10.7. The van der Waals surface area contributed by atoms with Crippen molar-refractivity contribution < 1.29 is 18.3 Å². The van der Waals surface area contributed by atoms with Crippen LogP contribution < -0.4 is 20.3 Å². The summed E-state index contributed by atoms with van der Waals surface area (Å²) >= 11 is 0. The normalized spacial score (nSPS) is 11.3. The zero-order valence-corrected chi connectivity index (χ0v) is 18.8. The minimum Gasteiger partial charge on any atom is -0.464 e. The topological polar surface area (TPSA) is 96.1 Å². The molecule has 0 saturated carbocycles. The molecular formula is C24H20F2N6O3. The van der Waals surface area contributed by atoms with Gasteiger partial charge in [0, 0.05) is 24.3 Å². The van der Waals surface area contributed by atoms with Gasteiger partial charge in [-0.2, -0.15) is 13.8 Å². The van der Waals surface area contributed by atoms with Crippen molar-refractivity contribution in [1.82, 2.24) is 24.1 Å². The molecule has 0 saturated heterocycles. The first-order chi connectivity index (χ1) is 16.9. The molecule has 3 heterocycles. The summed E-state index contributed by atoms with van der Waals surface area (Å²) in [6.45, 7) is -0.798. The van der Waals surface area contributed by atoms with Gasteiger partial charge in [0.15, 0.2) is 5.65 Å². The third-order valence-electron chi connectivity index (χ3n) is 5.32. The van der Waals surface area contributed by atoms with Crippen LogP contribution in [0.2, 0.25) is 0 Å². The number of benzene rings is 2. The molecule has 0 unspecified atom stereocenters. The van der Waals surface area contributed by atoms with Gasteiger partial charge in [-0.1, -0.05) is 0 Å². The fourth-order valence-corrected chi connectivity index (χ4v) is 3.76. The van der Waals surface area contributed by atoms with Crippen molar-refractivity contribution in [2.24, 2.45) is 7.05 Å². The van der Waals surface area contributed by atoms with Crippen LogP contribution in [0.4, 0.5) is 20.2 Å². The summed E-state index contributed by atoms with van der Waals surface area (Å²) in [5.41, 5.74) is 2.99. The molecule has 178 valence electrons. The van der Waals surface area contributed by atoms with Gasteiger partial charge in [-0.3, -0.25) is 9.36 Å². The van der Waals surface area contributed by atoms with Gasteiger partial charge in [0.2, 0.25) is 0 Å². The highest BCUT2D eigenvalue weighted by Gasteiger charge is 2.15. The molecule has 0 fully saturated rings. The van der Waals surface area contributed by atoms with E-state index in [2.05, 4.69) is 25.0 Å². The zero-order valence-electron chi connectivity index (χ0n) is 18.8. The molecule has 0 amide bonds. The van der Waals surface area contributed by atoms with Crippen LogP contribution in [0.15, 0.2) is 65.8 Å². The summed E-state index contributed by atoms with van der Waals surface area (Å²) in [6.07, 6.45) is 3.27. The summed E-state index contributed by atoms with van der Waals surface area (Å²) in [5, 5.41) is 3.73. The predicted molar refractivity (Wildman–Crippen MR) is 127 cm³/mol. The van der Waals surface area contributed by atoms with Crippen LogP contribution in [0.5, 0.6) is 11.8 Å². The van der Waals surface area contributed by atoms with E-state index in [1.165, 1.54) is 28.8 Å². The first kappa shape index (κ1) is 22.3. The van der Waals surface area contributed by atoms with Crippen molar-refractivity contribution in [2.45, 2.75) is 13.5 Å². The molecule has 3 aromatic heterocycles. The minimum absolute atomic E-state index is 0.0244. The summed E-state index contributed by atoms with van der Waals surface area (Å²) in [7, 11) is 1.90. The van der Waals surface area contributed by atoms with Crippen LogP contribution in [0.1, 0.15) is 6.92 Å². The number of hydrogen-bond acceptors (Lipinski definition) is 7. The van der Waals surface area contributed by atoms with Gasteiger partial charge in [0.25, 0.3) is 5.56 Å². The Balaban J connectivity index is 1.64. The molecule has 2 aromatic carbocycles. The Hall–Kier alpha value is -4.54. The van der Waals surface area contributed by atoms with Gasteiger partial charge < -0.3 is 19.4 Å². The Morgan fingerprint density at radius 3 is 2.63 bits per heavy atom. The molecule has 0 atom stereocenters. The molecule has 5 rings (SSSR count). The summed E-state index contributed by atoms with van der Waals surface area (Å²) in [4.78, 5) is 26.6. The third-order valence-corrected chi connectivity index (χ3v) is 5.32. The molecule has 0 aliphatic carbocycles. The van der Waals surface area contributed by atoms with Crippen molar-refractivity contribution >= 4 is 33.4 Å². The molecule has 35 heavy (non-hydrogen) atoms. The molecule has 0 radical (unpaired) electrons. The molecule has 0 spiro atoms. The van der Waals surface area contributed by atoms with Gasteiger partial charge in [-0.05, 0) is 55.5 Å². The van der Waals surface area contributed by atoms with E-state index < -0.39 is 12.2 Å². The molecule has 1 N–H and O–H groups in total. The van der Waals surface area contributed by atoms with Gasteiger partial charge in [-0.15, -0.1) is 0 Å². The summed E-state index contributed by atoms with van der Waals surface area (Å²) in [6, 6.07) is 13.1. The van der Waals surface area contributed by atoms with E-state index in [4.69, 9.17) is 4.74 Å². The SMILES string of the molecule is CCOc1ncc2cc(Nc3ccc4c(c3)ncn4C)c(=O)n(-c3ccc(OC(F)F)cc3)c2n1. The maximum Gasteiger partial charge on any atom is 0.387 e. The Kier molecular flexibility index (Phi) is 5.73. The van der Waals surface area contributed by atoms with Crippen LogP contribution in [-0.2, 0) is 7.05 Å². The highest BCUT2D eigenvalue weighted by atomic mass is 19.3. The number of anilines is 2. The number of ether oxygens (including phenoxy) is 2. The van der Waals surface area contributed by atoms with Crippen molar-refractivity contribution in [3.05, 3.63) is 71.4 Å². The van der Waals surface area contributed by atoms with Crippen LogP contribution in [0.25, 0.3) is 27.8 Å². The standard InChI is InChI=1S/C24H20F2N6O3/c1-3-34-24-27-12-14-10-19(29-15-4-9-20-18(11-15)28-13-31(20)2)22(33)32(21(14)30-24)16-5-7-17(8-6-16)35-23(25)26/h4-13,23,29H,3H2,1-2H3. The van der Waals surface area contributed by atoms with Crippen LogP contribution in [0.3, 0.4) is 0 Å². The van der Waals surface area contributed by atoms with E-state index in [1.807, 2.05) is 29.8 Å². The fourth-order valence-electron chi connectivity index (χ4n) is 3.76. The Morgan fingerprint density at radius 2 is 1.89 bits per heavy atom. The second-order valence-electron chi connectivity index (χ2n) is 7.62. The number of hydrogen-bond donors (Lipinski definition) is 1. The van der Waals surface area contributed by atoms with Gasteiger partial charge >= 0.3 is 12.6 Å². The maximum absolute atomic E-state index is 13.6. The lowest BCUT2D eigenvalue weighted by Crippen LogP contribution is -2.22. The van der Waals surface area contributed by atoms with Crippen LogP contribution in [-0.4, -0.2) is 37.3 Å². The number of imidazole rings is 1. The Bertz CT molecular complexity index is 1580. The van der Waals surface area contributed by atoms with Crippen molar-refractivity contribution in [2.75, 3.05) is 11.9 Å². The maximum atomic E-state index is 13.6. The van der Waals surface area contributed by atoms with Gasteiger partial charge in [0.05, 0.1) is 29.7 Å². The van der Waals surface area contributed by atoms with Crippen LogP contribution in [0, 0.1) is 0 Å². The van der Waals surface area contributed by atoms with E-state index >= 15 is 0 Å². The largest absolute Gasteiger partial charge is 0.464 e. The molecule has 11 heteroatoms. The predicted octanol–water partition coefficient (Wildman–Crippen LogP) is 4.41. The second kappa shape index (κ2) is 9.01. The number of nitrogens with zero attached hydrogens (tertiary/aromatic N) is 5. The quantitative estimate of drug-likeness (QED) is 0.370. The van der Waals surface area contributed by atoms with E-state index in [9.17, 15) is 13.6 Å². The third kappa shape index (κ3) is 4.35. The first-order valence-electron chi connectivity index (χ1n) is 10.7. The Labute approximate surface area is 197 Å². The number of fused-ring (bicyclic) bond motifs is 2. The lowest BCUT2D eigenvalue weighted by Gasteiger charge is -2.14. The molecule has 5 aromatic rings. The highest BCUT2D eigenvalue weighted by Crippen LogP contribution is 2.25. The van der Waals surface area contributed by atoms with Gasteiger partial charge in [0.1, 0.15) is 11.4 Å². The number of nitrogens with one attached hydrogen (secondary N) is 1. The number of halogens is 2. The van der Waals surface area contributed by atoms with Crippen molar-refractivity contribution in [3.8, 4) is 17.4 Å². The van der Waals surface area contributed by atoms with E-state index in [0.717, 1.165) is 11.0 Å². The highest BCUT2D eigenvalue weighted by molar-refractivity contribution is 5.84. The number of rotatable bonds is 7. The molecule has 9 nitrogen and oxygen atoms in total. The average Bonchev–Trinajstić information content (AvgIpc) is 3.20.